The number of aromatic nitrogens is 3. The number of aryl methyl sites for hydroxylation is 1. The van der Waals surface area contributed by atoms with Crippen molar-refractivity contribution < 1.29 is 0 Å². The Balaban J connectivity index is 1.78. The standard InChI is InChI=1S/C17H15Cl2N5/c1-12-14(10-21-22-16-8-4-5-9-20-16)17(19)24(23-12)11-13-6-2-3-7-15(13)18/h2-10H,11H2,1H3,(H,20,22)/b21-10-. The zero-order chi connectivity index (χ0) is 16.9. The molecule has 0 aliphatic heterocycles. The zero-order valence-electron chi connectivity index (χ0n) is 12.9. The van der Waals surface area contributed by atoms with Crippen molar-refractivity contribution >= 4 is 35.2 Å². The molecule has 0 atom stereocenters. The number of hydrazone groups is 1. The topological polar surface area (TPSA) is 55.1 Å². The summed E-state index contributed by atoms with van der Waals surface area (Å²) in [7, 11) is 0. The summed E-state index contributed by atoms with van der Waals surface area (Å²) in [4.78, 5) is 4.13. The maximum atomic E-state index is 6.44. The van der Waals surface area contributed by atoms with E-state index in [4.69, 9.17) is 23.2 Å². The van der Waals surface area contributed by atoms with Gasteiger partial charge in [0.15, 0.2) is 0 Å². The van der Waals surface area contributed by atoms with Crippen LogP contribution in [0.1, 0.15) is 16.8 Å². The quantitative estimate of drug-likeness (QED) is 0.542. The lowest BCUT2D eigenvalue weighted by Gasteiger charge is -2.05. The predicted octanol–water partition coefficient (Wildman–Crippen LogP) is 4.39. The van der Waals surface area contributed by atoms with Crippen LogP contribution in [-0.2, 0) is 6.54 Å². The van der Waals surface area contributed by atoms with Gasteiger partial charge in [-0.1, -0.05) is 47.5 Å². The average Bonchev–Trinajstić information content (AvgIpc) is 2.85. The first-order chi connectivity index (χ1) is 11.6. The van der Waals surface area contributed by atoms with E-state index in [0.29, 0.717) is 22.5 Å². The SMILES string of the molecule is Cc1nn(Cc2ccccc2Cl)c(Cl)c1/C=N\Nc1ccccn1. The van der Waals surface area contributed by atoms with E-state index in [1.807, 2.05) is 49.4 Å². The monoisotopic (exact) mass is 359 g/mol. The third-order valence-electron chi connectivity index (χ3n) is 3.42. The van der Waals surface area contributed by atoms with Crippen molar-refractivity contribution in [2.75, 3.05) is 5.43 Å². The van der Waals surface area contributed by atoms with E-state index < -0.39 is 0 Å². The van der Waals surface area contributed by atoms with E-state index in [-0.39, 0.29) is 0 Å². The molecule has 0 saturated heterocycles. The Morgan fingerprint density at radius 3 is 2.71 bits per heavy atom. The molecule has 0 unspecified atom stereocenters. The molecule has 5 nitrogen and oxygen atoms in total. The van der Waals surface area contributed by atoms with Crippen LogP contribution in [0.25, 0.3) is 0 Å². The van der Waals surface area contributed by atoms with E-state index >= 15 is 0 Å². The van der Waals surface area contributed by atoms with Gasteiger partial charge in [-0.2, -0.15) is 10.2 Å². The zero-order valence-corrected chi connectivity index (χ0v) is 14.5. The van der Waals surface area contributed by atoms with Crippen LogP contribution in [0.5, 0.6) is 0 Å². The molecule has 0 amide bonds. The number of hydrogen-bond donors (Lipinski definition) is 1. The van der Waals surface area contributed by atoms with Crippen molar-refractivity contribution in [2.45, 2.75) is 13.5 Å². The number of hydrogen-bond acceptors (Lipinski definition) is 4. The van der Waals surface area contributed by atoms with Gasteiger partial charge in [0.25, 0.3) is 0 Å². The maximum Gasteiger partial charge on any atom is 0.146 e. The summed E-state index contributed by atoms with van der Waals surface area (Å²) >= 11 is 12.6. The predicted molar refractivity (Wildman–Crippen MR) is 98.0 cm³/mol. The first-order valence-corrected chi connectivity index (χ1v) is 8.07. The number of anilines is 1. The van der Waals surface area contributed by atoms with Gasteiger partial charge < -0.3 is 0 Å². The van der Waals surface area contributed by atoms with E-state index in [2.05, 4.69) is 20.6 Å². The largest absolute Gasteiger partial charge is 0.261 e. The Hall–Kier alpha value is -2.37. The van der Waals surface area contributed by atoms with Gasteiger partial charge in [-0.15, -0.1) is 0 Å². The molecule has 0 saturated carbocycles. The van der Waals surface area contributed by atoms with Crippen LogP contribution in [0.2, 0.25) is 10.2 Å². The van der Waals surface area contributed by atoms with E-state index in [0.717, 1.165) is 16.8 Å². The second-order valence-corrected chi connectivity index (χ2v) is 5.89. The fourth-order valence-corrected chi connectivity index (χ4v) is 2.68. The molecule has 122 valence electrons. The molecule has 3 rings (SSSR count). The van der Waals surface area contributed by atoms with Gasteiger partial charge in [0.1, 0.15) is 11.0 Å². The van der Waals surface area contributed by atoms with Gasteiger partial charge >= 0.3 is 0 Å². The molecule has 3 aromatic rings. The summed E-state index contributed by atoms with van der Waals surface area (Å²) < 4.78 is 1.71. The summed E-state index contributed by atoms with van der Waals surface area (Å²) in [6, 6.07) is 13.2. The van der Waals surface area contributed by atoms with Crippen LogP contribution >= 0.6 is 23.2 Å². The number of halogens is 2. The van der Waals surface area contributed by atoms with Crippen LogP contribution < -0.4 is 5.43 Å². The Kier molecular flexibility index (Phi) is 5.13. The summed E-state index contributed by atoms with van der Waals surface area (Å²) in [5.74, 6) is 0.658. The number of pyridine rings is 1. The lowest BCUT2D eigenvalue weighted by Crippen LogP contribution is -2.02. The van der Waals surface area contributed by atoms with Crippen molar-refractivity contribution in [3.8, 4) is 0 Å². The molecule has 1 aromatic carbocycles. The van der Waals surface area contributed by atoms with Crippen LogP contribution in [0, 0.1) is 6.92 Å². The molecule has 0 fully saturated rings. The summed E-state index contributed by atoms with van der Waals surface area (Å²) in [5.41, 5.74) is 5.36. The van der Waals surface area contributed by atoms with Gasteiger partial charge in [-0.25, -0.2) is 9.67 Å². The lowest BCUT2D eigenvalue weighted by molar-refractivity contribution is 0.680. The van der Waals surface area contributed by atoms with E-state index in [9.17, 15) is 0 Å². The average molecular weight is 360 g/mol. The highest BCUT2D eigenvalue weighted by Gasteiger charge is 2.13. The van der Waals surface area contributed by atoms with E-state index in [1.54, 1.807) is 17.1 Å². The van der Waals surface area contributed by atoms with Gasteiger partial charge in [0.2, 0.25) is 0 Å². The third kappa shape index (κ3) is 3.75. The second-order valence-electron chi connectivity index (χ2n) is 5.12. The molecule has 0 spiro atoms. The van der Waals surface area contributed by atoms with Crippen molar-refractivity contribution in [2.24, 2.45) is 5.10 Å². The highest BCUT2D eigenvalue weighted by atomic mass is 35.5. The van der Waals surface area contributed by atoms with Crippen molar-refractivity contribution in [3.05, 3.63) is 75.7 Å². The lowest BCUT2D eigenvalue weighted by atomic mass is 10.2. The van der Waals surface area contributed by atoms with Crippen LogP contribution in [0.4, 0.5) is 5.82 Å². The van der Waals surface area contributed by atoms with Gasteiger partial charge in [-0.3, -0.25) is 5.43 Å². The van der Waals surface area contributed by atoms with Gasteiger partial charge in [0.05, 0.1) is 24.0 Å². The maximum absolute atomic E-state index is 6.44. The molecule has 7 heteroatoms. The molecule has 1 N–H and O–H groups in total. The minimum absolute atomic E-state index is 0.501. The summed E-state index contributed by atoms with van der Waals surface area (Å²) in [6.07, 6.45) is 3.33. The molecular formula is C17H15Cl2N5. The molecule has 0 bridgehead atoms. The Morgan fingerprint density at radius 2 is 1.96 bits per heavy atom. The van der Waals surface area contributed by atoms with Gasteiger partial charge in [-0.05, 0) is 30.7 Å². The van der Waals surface area contributed by atoms with Gasteiger partial charge in [0, 0.05) is 11.2 Å². The number of rotatable bonds is 5. The molecule has 2 heterocycles. The summed E-state index contributed by atoms with van der Waals surface area (Å²) in [5, 5.41) is 9.84. The molecule has 2 aromatic heterocycles. The van der Waals surface area contributed by atoms with Crippen LogP contribution in [0.3, 0.4) is 0 Å². The second kappa shape index (κ2) is 7.47. The molecule has 0 aliphatic rings. The fourth-order valence-electron chi connectivity index (χ4n) is 2.20. The first-order valence-electron chi connectivity index (χ1n) is 7.31. The number of nitrogens with one attached hydrogen (secondary N) is 1. The molecule has 0 radical (unpaired) electrons. The normalized spacial score (nSPS) is 11.1. The Morgan fingerprint density at radius 1 is 1.17 bits per heavy atom. The van der Waals surface area contributed by atoms with Crippen molar-refractivity contribution in [1.82, 2.24) is 14.8 Å². The summed E-state index contributed by atoms with van der Waals surface area (Å²) in [6.45, 7) is 2.39. The number of nitrogens with zero attached hydrogens (tertiary/aromatic N) is 4. The van der Waals surface area contributed by atoms with Crippen LogP contribution in [-0.4, -0.2) is 21.0 Å². The molecule has 0 aliphatic carbocycles. The molecular weight excluding hydrogens is 345 g/mol. The van der Waals surface area contributed by atoms with Crippen molar-refractivity contribution in [1.29, 1.82) is 0 Å². The number of benzene rings is 1. The van der Waals surface area contributed by atoms with E-state index in [1.165, 1.54) is 0 Å². The Labute approximate surface area is 149 Å². The highest BCUT2D eigenvalue weighted by molar-refractivity contribution is 6.32. The molecule has 24 heavy (non-hydrogen) atoms. The fraction of sp³-hybridized carbons (Fsp3) is 0.118. The van der Waals surface area contributed by atoms with Crippen molar-refractivity contribution in [3.63, 3.8) is 0 Å². The third-order valence-corrected chi connectivity index (χ3v) is 4.19. The minimum Gasteiger partial charge on any atom is -0.261 e. The minimum atomic E-state index is 0.501. The first kappa shape index (κ1) is 16.5. The Bertz CT molecular complexity index is 859. The van der Waals surface area contributed by atoms with Crippen LogP contribution in [0.15, 0.2) is 53.8 Å². The smallest absolute Gasteiger partial charge is 0.146 e. The highest BCUT2D eigenvalue weighted by Crippen LogP contribution is 2.22.